The van der Waals surface area contributed by atoms with Gasteiger partial charge >= 0.3 is 5.97 Å². The van der Waals surface area contributed by atoms with Gasteiger partial charge in [0.25, 0.3) is 0 Å². The van der Waals surface area contributed by atoms with Gasteiger partial charge in [0.15, 0.2) is 5.11 Å². The van der Waals surface area contributed by atoms with Crippen molar-refractivity contribution in [3.05, 3.63) is 64.5 Å². The molecule has 3 N–H and O–H groups in total. The molecule has 10 heteroatoms. The van der Waals surface area contributed by atoms with Gasteiger partial charge in [-0.15, -0.1) is 23.1 Å². The number of thiocarbonyl (C=S) groups is 1. The van der Waals surface area contributed by atoms with Gasteiger partial charge in [0.05, 0.1) is 30.7 Å². The molecular formula is C28H31N3O4S3. The molecule has 1 aliphatic carbocycles. The number of thioether (sulfide) groups is 1. The number of carbonyl (C=O) groups excluding carboxylic acids is 2. The molecular weight excluding hydrogens is 539 g/mol. The van der Waals surface area contributed by atoms with Crippen molar-refractivity contribution in [2.45, 2.75) is 49.2 Å². The highest BCUT2D eigenvalue weighted by Gasteiger charge is 2.28. The Morgan fingerprint density at radius 2 is 1.84 bits per heavy atom. The molecule has 0 saturated carbocycles. The Bertz CT molecular complexity index is 1320. The van der Waals surface area contributed by atoms with Crippen molar-refractivity contribution in [2.75, 3.05) is 30.2 Å². The highest BCUT2D eigenvalue weighted by atomic mass is 32.2. The molecule has 4 rings (SSSR count). The molecule has 0 spiro atoms. The third kappa shape index (κ3) is 6.67. The number of fused-ring (bicyclic) bond motifs is 1. The van der Waals surface area contributed by atoms with Crippen LogP contribution < -0.4 is 20.7 Å². The predicted octanol–water partition coefficient (Wildman–Crippen LogP) is 6.74. The first-order valence-electron chi connectivity index (χ1n) is 12.4. The van der Waals surface area contributed by atoms with Crippen LogP contribution in [0.2, 0.25) is 0 Å². The van der Waals surface area contributed by atoms with E-state index in [1.165, 1.54) is 35.1 Å². The molecule has 3 aromatic rings. The standard InChI is InChI=1S/C28H31N3O4S3/c1-4-22(25(32)31-26-24(27(33)35-3)19-12-5-8-15-23(19)38-26)37-18-11-9-10-17(16-18)29-28(36)30-20-13-6-7-14-21(20)34-2/h6-7,9-11,13-14,16,22H,4-5,8,12,15H2,1-3H3,(H,31,32)(H2,29,30,36). The quantitative estimate of drug-likeness (QED) is 0.148. The van der Waals surface area contributed by atoms with Gasteiger partial charge in [-0.1, -0.05) is 25.1 Å². The minimum Gasteiger partial charge on any atom is -0.495 e. The molecule has 1 aromatic heterocycles. The van der Waals surface area contributed by atoms with Crippen molar-refractivity contribution < 1.29 is 19.1 Å². The van der Waals surface area contributed by atoms with Crippen LogP contribution in [0.15, 0.2) is 53.4 Å². The highest BCUT2D eigenvalue weighted by molar-refractivity contribution is 8.00. The summed E-state index contributed by atoms with van der Waals surface area (Å²) in [7, 11) is 2.99. The number of anilines is 3. The monoisotopic (exact) mass is 569 g/mol. The maximum atomic E-state index is 13.3. The average molecular weight is 570 g/mol. The largest absolute Gasteiger partial charge is 0.495 e. The lowest BCUT2D eigenvalue weighted by Gasteiger charge is -2.16. The Balaban J connectivity index is 1.43. The van der Waals surface area contributed by atoms with E-state index in [4.69, 9.17) is 21.7 Å². The summed E-state index contributed by atoms with van der Waals surface area (Å²) in [5.74, 6) is 0.171. The van der Waals surface area contributed by atoms with E-state index in [2.05, 4.69) is 16.0 Å². The Kier molecular flexibility index (Phi) is 9.65. The summed E-state index contributed by atoms with van der Waals surface area (Å²) >= 11 is 8.46. The van der Waals surface area contributed by atoms with E-state index >= 15 is 0 Å². The van der Waals surface area contributed by atoms with E-state index in [-0.39, 0.29) is 11.2 Å². The normalized spacial score (nSPS) is 13.1. The lowest BCUT2D eigenvalue weighted by molar-refractivity contribution is -0.115. The van der Waals surface area contributed by atoms with Gasteiger partial charge in [0.1, 0.15) is 10.8 Å². The molecule has 1 aliphatic rings. The molecule has 1 amide bonds. The number of esters is 1. The number of amides is 1. The molecule has 200 valence electrons. The van der Waals surface area contributed by atoms with Crippen LogP contribution in [0.1, 0.15) is 47.0 Å². The molecule has 1 unspecified atom stereocenters. The smallest absolute Gasteiger partial charge is 0.341 e. The first-order valence-corrected chi connectivity index (χ1v) is 14.5. The number of rotatable bonds is 9. The fourth-order valence-electron chi connectivity index (χ4n) is 4.33. The molecule has 0 radical (unpaired) electrons. The number of aryl methyl sites for hydroxylation is 1. The third-order valence-electron chi connectivity index (χ3n) is 6.19. The lowest BCUT2D eigenvalue weighted by atomic mass is 9.95. The van der Waals surface area contributed by atoms with Crippen LogP contribution in [0.3, 0.4) is 0 Å². The van der Waals surface area contributed by atoms with E-state index in [1.807, 2.05) is 55.5 Å². The second kappa shape index (κ2) is 13.1. The molecule has 1 atom stereocenters. The van der Waals surface area contributed by atoms with Gasteiger partial charge < -0.3 is 25.4 Å². The van der Waals surface area contributed by atoms with Crippen molar-refractivity contribution in [1.29, 1.82) is 0 Å². The second-order valence-electron chi connectivity index (χ2n) is 8.72. The Morgan fingerprint density at radius 3 is 2.61 bits per heavy atom. The molecule has 7 nitrogen and oxygen atoms in total. The Labute approximate surface area is 236 Å². The van der Waals surface area contributed by atoms with Crippen LogP contribution in [-0.2, 0) is 22.4 Å². The van der Waals surface area contributed by atoms with E-state index in [1.54, 1.807) is 7.11 Å². The van der Waals surface area contributed by atoms with Crippen LogP contribution in [0.5, 0.6) is 5.75 Å². The van der Waals surface area contributed by atoms with Gasteiger partial charge in [0.2, 0.25) is 5.91 Å². The van der Waals surface area contributed by atoms with Crippen molar-refractivity contribution in [3.8, 4) is 5.75 Å². The zero-order chi connectivity index (χ0) is 27.1. The van der Waals surface area contributed by atoms with Gasteiger partial charge in [0, 0.05) is 15.5 Å². The molecule has 0 aliphatic heterocycles. The fraction of sp³-hybridized carbons (Fsp3) is 0.321. The zero-order valence-corrected chi connectivity index (χ0v) is 24.0. The number of ether oxygens (including phenoxy) is 2. The topological polar surface area (TPSA) is 88.7 Å². The number of hydrogen-bond donors (Lipinski definition) is 3. The summed E-state index contributed by atoms with van der Waals surface area (Å²) in [6.45, 7) is 1.98. The first-order chi connectivity index (χ1) is 18.4. The minimum absolute atomic E-state index is 0.132. The van der Waals surface area contributed by atoms with Crippen LogP contribution in [0, 0.1) is 0 Å². The number of benzene rings is 2. The summed E-state index contributed by atoms with van der Waals surface area (Å²) in [6.07, 6.45) is 4.53. The van der Waals surface area contributed by atoms with Crippen molar-refractivity contribution in [1.82, 2.24) is 0 Å². The molecule has 0 saturated heterocycles. The first kappa shape index (κ1) is 27.9. The zero-order valence-electron chi connectivity index (χ0n) is 21.6. The summed E-state index contributed by atoms with van der Waals surface area (Å²) in [5, 5.41) is 10.1. The van der Waals surface area contributed by atoms with E-state index in [0.29, 0.717) is 27.8 Å². The summed E-state index contributed by atoms with van der Waals surface area (Å²) in [4.78, 5) is 28.0. The van der Waals surface area contributed by atoms with Gasteiger partial charge in [-0.2, -0.15) is 0 Å². The summed E-state index contributed by atoms with van der Waals surface area (Å²) in [5.41, 5.74) is 3.11. The summed E-state index contributed by atoms with van der Waals surface area (Å²) in [6, 6.07) is 15.3. The SMILES string of the molecule is CCC(Sc1cccc(NC(=S)Nc2ccccc2OC)c1)C(=O)Nc1sc2c(c1C(=O)OC)CCCC2. The Morgan fingerprint density at radius 1 is 1.05 bits per heavy atom. The number of para-hydroxylation sites is 2. The predicted molar refractivity (Wildman–Crippen MR) is 160 cm³/mol. The molecule has 2 aromatic carbocycles. The number of thiophene rings is 1. The molecule has 38 heavy (non-hydrogen) atoms. The average Bonchev–Trinajstić information content (AvgIpc) is 3.29. The number of hydrogen-bond acceptors (Lipinski definition) is 7. The summed E-state index contributed by atoms with van der Waals surface area (Å²) < 4.78 is 10.4. The third-order valence-corrected chi connectivity index (χ3v) is 8.96. The minimum atomic E-state index is -0.392. The Hall–Kier alpha value is -3.08. The van der Waals surface area contributed by atoms with Crippen molar-refractivity contribution in [3.63, 3.8) is 0 Å². The fourth-order valence-corrected chi connectivity index (χ4v) is 6.85. The van der Waals surface area contributed by atoms with E-state index in [9.17, 15) is 9.59 Å². The van der Waals surface area contributed by atoms with Crippen LogP contribution in [0.4, 0.5) is 16.4 Å². The number of carbonyl (C=O) groups is 2. The maximum Gasteiger partial charge on any atom is 0.341 e. The van der Waals surface area contributed by atoms with Crippen LogP contribution in [-0.4, -0.2) is 36.5 Å². The van der Waals surface area contributed by atoms with Crippen molar-refractivity contribution in [2.24, 2.45) is 0 Å². The maximum absolute atomic E-state index is 13.3. The van der Waals surface area contributed by atoms with Crippen molar-refractivity contribution >= 4 is 68.7 Å². The number of methoxy groups -OCH3 is 2. The van der Waals surface area contributed by atoms with Crippen LogP contribution in [0.25, 0.3) is 0 Å². The van der Waals surface area contributed by atoms with Gasteiger partial charge in [-0.3, -0.25) is 4.79 Å². The second-order valence-corrected chi connectivity index (χ2v) is 11.5. The highest BCUT2D eigenvalue weighted by Crippen LogP contribution is 2.39. The van der Waals surface area contributed by atoms with Gasteiger partial charge in [-0.25, -0.2) is 4.79 Å². The molecule has 0 fully saturated rings. The molecule has 1 heterocycles. The molecule has 0 bridgehead atoms. The number of nitrogens with one attached hydrogen (secondary N) is 3. The van der Waals surface area contributed by atoms with E-state index < -0.39 is 5.97 Å². The van der Waals surface area contributed by atoms with Gasteiger partial charge in [-0.05, 0) is 80.2 Å². The van der Waals surface area contributed by atoms with Crippen LogP contribution >= 0.6 is 35.3 Å². The van der Waals surface area contributed by atoms with E-state index in [0.717, 1.165) is 47.5 Å². The lowest BCUT2D eigenvalue weighted by Crippen LogP contribution is -2.25.